The van der Waals surface area contributed by atoms with Crippen molar-refractivity contribution in [2.75, 3.05) is 57.8 Å². The van der Waals surface area contributed by atoms with Crippen LogP contribution in [0.3, 0.4) is 0 Å². The predicted molar refractivity (Wildman–Crippen MR) is 223 cm³/mol. The van der Waals surface area contributed by atoms with Crippen LogP contribution in [0.5, 0.6) is 0 Å². The highest BCUT2D eigenvalue weighted by atomic mass is 16.2. The van der Waals surface area contributed by atoms with Gasteiger partial charge in [0, 0.05) is 95.6 Å². The summed E-state index contributed by atoms with van der Waals surface area (Å²) in [5.41, 5.74) is 10.3. The van der Waals surface area contributed by atoms with Gasteiger partial charge in [0.2, 0.25) is 18.2 Å². The van der Waals surface area contributed by atoms with Gasteiger partial charge in [-0.2, -0.15) is 0 Å². The van der Waals surface area contributed by atoms with E-state index in [-0.39, 0.29) is 18.7 Å². The molecule has 8 rings (SSSR count). The molecule has 1 saturated heterocycles. The Kier molecular flexibility index (Phi) is 12.9. The molecule has 5 amide bonds. The number of carbonyl (C=O) groups excluding carboxylic acids is 6. The standard InChI is InChI=1S/C26H36N6O2.C18H21N3O4/c1-18(34)31-14-9-24(29-20-7-12-30(17-33)13-8-20)23(16-31)26(27)32-11-2-3-22-21-6-10-28-15-19(21)4-5-25(22)32;1-3-20-9-11-7-13-14(8-12(11)10-20)18(25)21(17(13)24)15(5-4-6-22)16(23)19-2/h4-5,17,20,27-29H,2-3,6-16H2,1H3;6-8,15H,3-5,9-10H2,1-2H3,(H,19,23). The Morgan fingerprint density at radius 3 is 2.27 bits per heavy atom. The average molecular weight is 808 g/mol. The summed E-state index contributed by atoms with van der Waals surface area (Å²) in [5, 5.41) is 19.0. The van der Waals surface area contributed by atoms with Crippen molar-refractivity contribution in [2.24, 2.45) is 0 Å². The summed E-state index contributed by atoms with van der Waals surface area (Å²) in [6, 6.07) is 7.31. The minimum Gasteiger partial charge on any atom is -0.385 e. The molecule has 0 saturated carbocycles. The van der Waals surface area contributed by atoms with E-state index in [1.807, 2.05) is 9.80 Å². The minimum atomic E-state index is -0.968. The molecule has 1 unspecified atom stereocenters. The van der Waals surface area contributed by atoms with Gasteiger partial charge < -0.3 is 35.4 Å². The first-order chi connectivity index (χ1) is 28.6. The fraction of sp³-hybridized carbons (Fsp3) is 0.523. The Labute approximate surface area is 346 Å². The molecule has 6 heterocycles. The third-order valence-corrected chi connectivity index (χ3v) is 12.8. The molecule has 1 fully saturated rings. The molecule has 0 radical (unpaired) electrons. The first kappa shape index (κ1) is 41.7. The lowest BCUT2D eigenvalue weighted by Gasteiger charge is -2.39. The summed E-state index contributed by atoms with van der Waals surface area (Å²) in [7, 11) is 1.45. The van der Waals surface area contributed by atoms with Gasteiger partial charge in [-0.25, -0.2) is 0 Å². The van der Waals surface area contributed by atoms with Crippen LogP contribution in [0.25, 0.3) is 0 Å². The second kappa shape index (κ2) is 18.2. The summed E-state index contributed by atoms with van der Waals surface area (Å²) < 4.78 is 0. The Hall–Kier alpha value is -5.41. The molecule has 0 aliphatic carbocycles. The third kappa shape index (κ3) is 8.53. The molecular formula is C44H57N9O6. The molecule has 15 heteroatoms. The molecule has 6 aliphatic rings. The normalized spacial score (nSPS) is 19.6. The number of amides is 5. The summed E-state index contributed by atoms with van der Waals surface area (Å²) in [6.07, 6.45) is 7.56. The second-order valence-electron chi connectivity index (χ2n) is 16.3. The van der Waals surface area contributed by atoms with Crippen LogP contribution in [-0.2, 0) is 51.7 Å². The van der Waals surface area contributed by atoms with Gasteiger partial charge in [-0.15, -0.1) is 0 Å². The monoisotopic (exact) mass is 807 g/mol. The number of piperidine rings is 1. The van der Waals surface area contributed by atoms with Crippen LogP contribution in [0.1, 0.15) is 101 Å². The first-order valence-electron chi connectivity index (χ1n) is 21.1. The number of rotatable bonds is 10. The number of carbonyl (C=O) groups is 6. The topological polar surface area (TPSA) is 179 Å². The molecule has 2 aromatic rings. The molecule has 2 aromatic carbocycles. The van der Waals surface area contributed by atoms with Crippen molar-refractivity contribution in [3.05, 3.63) is 74.5 Å². The summed E-state index contributed by atoms with van der Waals surface area (Å²) >= 11 is 0. The van der Waals surface area contributed by atoms with Crippen LogP contribution in [0, 0.1) is 5.41 Å². The molecule has 1 atom stereocenters. The maximum Gasteiger partial charge on any atom is 0.262 e. The van der Waals surface area contributed by atoms with E-state index in [0.717, 1.165) is 125 Å². The smallest absolute Gasteiger partial charge is 0.262 e. The van der Waals surface area contributed by atoms with Gasteiger partial charge in [-0.05, 0) is 97.6 Å². The van der Waals surface area contributed by atoms with Gasteiger partial charge in [-0.1, -0.05) is 13.0 Å². The number of amidine groups is 1. The van der Waals surface area contributed by atoms with Gasteiger partial charge in [0.05, 0.1) is 17.7 Å². The zero-order valence-corrected chi connectivity index (χ0v) is 34.5. The number of hydrogen-bond donors (Lipinski definition) is 4. The van der Waals surface area contributed by atoms with E-state index in [9.17, 15) is 34.2 Å². The van der Waals surface area contributed by atoms with E-state index in [2.05, 4.69) is 44.8 Å². The van der Waals surface area contributed by atoms with Gasteiger partial charge in [0.1, 0.15) is 18.2 Å². The van der Waals surface area contributed by atoms with E-state index in [4.69, 9.17) is 0 Å². The van der Waals surface area contributed by atoms with Crippen molar-refractivity contribution >= 4 is 47.8 Å². The van der Waals surface area contributed by atoms with E-state index >= 15 is 0 Å². The Morgan fingerprint density at radius 2 is 1.64 bits per heavy atom. The number of nitrogens with one attached hydrogen (secondary N) is 4. The Morgan fingerprint density at radius 1 is 0.932 bits per heavy atom. The van der Waals surface area contributed by atoms with Crippen molar-refractivity contribution in [3.8, 4) is 0 Å². The van der Waals surface area contributed by atoms with Crippen LogP contribution < -0.4 is 20.9 Å². The van der Waals surface area contributed by atoms with Crippen LogP contribution in [0.15, 0.2) is 35.5 Å². The molecule has 4 N–H and O–H groups in total. The minimum absolute atomic E-state index is 0.0595. The quantitative estimate of drug-likeness (QED) is 0.121. The van der Waals surface area contributed by atoms with Crippen LogP contribution in [-0.4, -0.2) is 127 Å². The number of benzene rings is 2. The maximum absolute atomic E-state index is 12.8. The number of nitrogens with zero attached hydrogens (tertiary/aromatic N) is 5. The van der Waals surface area contributed by atoms with E-state index < -0.39 is 23.8 Å². The Bertz CT molecular complexity index is 2010. The second-order valence-corrected chi connectivity index (χ2v) is 16.3. The molecule has 314 valence electrons. The third-order valence-electron chi connectivity index (χ3n) is 12.8. The number of likely N-dealkylation sites (N-methyl/N-ethyl adjacent to an activating group) is 1. The highest BCUT2D eigenvalue weighted by Gasteiger charge is 2.43. The van der Waals surface area contributed by atoms with Crippen LogP contribution in [0.2, 0.25) is 0 Å². The number of likely N-dealkylation sites (tertiary alicyclic amines) is 1. The Balaban J connectivity index is 0.000000188. The molecule has 0 aromatic heterocycles. The average Bonchev–Trinajstić information content (AvgIpc) is 3.79. The molecule has 59 heavy (non-hydrogen) atoms. The fourth-order valence-corrected chi connectivity index (χ4v) is 9.41. The largest absolute Gasteiger partial charge is 0.385 e. The van der Waals surface area contributed by atoms with E-state index in [1.54, 1.807) is 19.1 Å². The maximum atomic E-state index is 12.8. The lowest BCUT2D eigenvalue weighted by molar-refractivity contribution is -0.128. The van der Waals surface area contributed by atoms with Crippen molar-refractivity contribution in [1.29, 1.82) is 5.41 Å². The zero-order chi connectivity index (χ0) is 41.8. The summed E-state index contributed by atoms with van der Waals surface area (Å²) in [6.45, 7) is 11.5. The lowest BCUT2D eigenvalue weighted by atomic mass is 9.88. The number of fused-ring (bicyclic) bond motifs is 5. The van der Waals surface area contributed by atoms with Gasteiger partial charge in [-0.3, -0.25) is 39.2 Å². The van der Waals surface area contributed by atoms with Crippen molar-refractivity contribution in [1.82, 2.24) is 35.6 Å². The number of imide groups is 1. The van der Waals surface area contributed by atoms with Gasteiger partial charge >= 0.3 is 0 Å². The van der Waals surface area contributed by atoms with Crippen molar-refractivity contribution in [2.45, 2.75) is 96.9 Å². The fourth-order valence-electron chi connectivity index (χ4n) is 9.41. The lowest BCUT2D eigenvalue weighted by Crippen LogP contribution is -2.48. The zero-order valence-electron chi connectivity index (χ0n) is 34.5. The van der Waals surface area contributed by atoms with E-state index in [1.165, 1.54) is 29.4 Å². The van der Waals surface area contributed by atoms with Crippen LogP contribution in [0.4, 0.5) is 5.69 Å². The molecule has 0 spiro atoms. The molecular weight excluding hydrogens is 751 g/mol. The van der Waals surface area contributed by atoms with Gasteiger partial charge in [0.25, 0.3) is 11.8 Å². The number of anilines is 1. The summed E-state index contributed by atoms with van der Waals surface area (Å²) in [5.74, 6) is -0.784. The first-order valence-corrected chi connectivity index (χ1v) is 21.1. The molecule has 6 aliphatic heterocycles. The number of aldehydes is 1. The highest BCUT2D eigenvalue weighted by molar-refractivity contribution is 6.23. The van der Waals surface area contributed by atoms with Gasteiger partial charge in [0.15, 0.2) is 0 Å². The van der Waals surface area contributed by atoms with Crippen LogP contribution >= 0.6 is 0 Å². The SMILES string of the molecule is CC(=O)N1CCC(NC2CCN(C=O)CC2)=C(C(=N)N2CCCc3c2ccc2c3CCNC2)C1.CCN1Cc2cc3c(cc2C1)C(=O)N(C(CCC=O)C(=O)NC)C3=O. The molecule has 15 nitrogen and oxygen atoms in total. The van der Waals surface area contributed by atoms with Crippen molar-refractivity contribution < 1.29 is 28.8 Å². The highest BCUT2D eigenvalue weighted by Crippen LogP contribution is 2.36. The van der Waals surface area contributed by atoms with E-state index in [0.29, 0.717) is 42.4 Å². The summed E-state index contributed by atoms with van der Waals surface area (Å²) in [4.78, 5) is 80.8. The number of hydrogen-bond acceptors (Lipinski definition) is 10. The predicted octanol–water partition coefficient (Wildman–Crippen LogP) is 2.49. The molecule has 0 bridgehead atoms. The van der Waals surface area contributed by atoms with Crippen molar-refractivity contribution in [3.63, 3.8) is 0 Å².